The maximum Gasteiger partial charge on any atom is 0.227 e. The molecule has 0 fully saturated rings. The van der Waals surface area contributed by atoms with Crippen LogP contribution in [-0.2, 0) is 11.2 Å². The summed E-state index contributed by atoms with van der Waals surface area (Å²) in [7, 11) is 1.61. The van der Waals surface area contributed by atoms with Crippen LogP contribution >= 0.6 is 0 Å². The smallest absolute Gasteiger partial charge is 0.227 e. The van der Waals surface area contributed by atoms with Gasteiger partial charge in [-0.25, -0.2) is 0 Å². The predicted octanol–water partition coefficient (Wildman–Crippen LogP) is 4.10. The Morgan fingerprint density at radius 3 is 2.90 bits per heavy atom. The standard InChI is InChI=1S/C23H25N3O4/c1-23(2)14-18(17-9-4-5-10-19(17)29-23)24-20(27)11-12-21-25-22(26-30-21)15-7-6-8-16(13-15)28-3/h4-10,13,18H,11-12,14H2,1-3H3,(H,24,27). The van der Waals surface area contributed by atoms with Crippen molar-refractivity contribution in [3.05, 3.63) is 60.0 Å². The first kappa shape index (κ1) is 19.9. The first-order chi connectivity index (χ1) is 14.4. The zero-order chi connectivity index (χ0) is 21.1. The van der Waals surface area contributed by atoms with Crippen LogP contribution in [-0.4, -0.2) is 28.8 Å². The number of rotatable bonds is 6. The Bertz CT molecular complexity index is 1040. The first-order valence-corrected chi connectivity index (χ1v) is 9.98. The Labute approximate surface area is 175 Å². The number of para-hydroxylation sites is 1. The number of amides is 1. The number of aromatic nitrogens is 2. The largest absolute Gasteiger partial charge is 0.497 e. The fourth-order valence-electron chi connectivity index (χ4n) is 3.65. The van der Waals surface area contributed by atoms with Crippen LogP contribution in [0.1, 0.15) is 44.2 Å². The van der Waals surface area contributed by atoms with Crippen LogP contribution in [0.25, 0.3) is 11.4 Å². The fourth-order valence-corrected chi connectivity index (χ4v) is 3.65. The molecule has 0 aliphatic carbocycles. The van der Waals surface area contributed by atoms with Crippen LogP contribution in [0.5, 0.6) is 11.5 Å². The molecule has 30 heavy (non-hydrogen) atoms. The minimum absolute atomic E-state index is 0.0615. The van der Waals surface area contributed by atoms with E-state index in [1.54, 1.807) is 7.11 Å². The van der Waals surface area contributed by atoms with Crippen LogP contribution in [0.2, 0.25) is 0 Å². The van der Waals surface area contributed by atoms with E-state index in [1.165, 1.54) is 0 Å². The lowest BCUT2D eigenvalue weighted by Gasteiger charge is -2.37. The molecule has 1 amide bonds. The van der Waals surface area contributed by atoms with Gasteiger partial charge in [0, 0.05) is 30.4 Å². The number of fused-ring (bicyclic) bond motifs is 1. The van der Waals surface area contributed by atoms with E-state index in [2.05, 4.69) is 15.5 Å². The molecule has 7 nitrogen and oxygen atoms in total. The Morgan fingerprint density at radius 1 is 1.23 bits per heavy atom. The molecule has 1 unspecified atom stereocenters. The van der Waals surface area contributed by atoms with Crippen molar-refractivity contribution < 1.29 is 18.8 Å². The maximum absolute atomic E-state index is 12.6. The summed E-state index contributed by atoms with van der Waals surface area (Å²) >= 11 is 0. The van der Waals surface area contributed by atoms with Crippen LogP contribution in [0.15, 0.2) is 53.1 Å². The molecule has 0 saturated carbocycles. The summed E-state index contributed by atoms with van der Waals surface area (Å²) in [6.45, 7) is 4.06. The van der Waals surface area contributed by atoms with Gasteiger partial charge in [0.25, 0.3) is 0 Å². The van der Waals surface area contributed by atoms with E-state index >= 15 is 0 Å². The normalized spacial score (nSPS) is 17.0. The van der Waals surface area contributed by atoms with Crippen LogP contribution in [0, 0.1) is 0 Å². The van der Waals surface area contributed by atoms with E-state index in [4.69, 9.17) is 14.0 Å². The fraction of sp³-hybridized carbons (Fsp3) is 0.348. The molecule has 2 aromatic carbocycles. The van der Waals surface area contributed by atoms with Crippen molar-refractivity contribution in [2.75, 3.05) is 7.11 Å². The average Bonchev–Trinajstić information content (AvgIpc) is 3.21. The number of nitrogens with one attached hydrogen (secondary N) is 1. The van der Waals surface area contributed by atoms with Gasteiger partial charge in [0.15, 0.2) is 0 Å². The zero-order valence-electron chi connectivity index (χ0n) is 17.3. The number of carbonyl (C=O) groups is 1. The van der Waals surface area contributed by atoms with Gasteiger partial charge in [-0.05, 0) is 32.0 Å². The summed E-state index contributed by atoms with van der Waals surface area (Å²) in [6.07, 6.45) is 1.34. The van der Waals surface area contributed by atoms with Crippen molar-refractivity contribution in [3.8, 4) is 22.9 Å². The molecule has 0 saturated heterocycles. The summed E-state index contributed by atoms with van der Waals surface area (Å²) < 4.78 is 16.6. The van der Waals surface area contributed by atoms with Gasteiger partial charge in [-0.15, -0.1) is 0 Å². The lowest BCUT2D eigenvalue weighted by atomic mass is 9.89. The quantitative estimate of drug-likeness (QED) is 0.662. The number of nitrogens with zero attached hydrogens (tertiary/aromatic N) is 2. The molecule has 3 aromatic rings. The number of methoxy groups -OCH3 is 1. The maximum atomic E-state index is 12.6. The molecular formula is C23H25N3O4. The van der Waals surface area contributed by atoms with Crippen molar-refractivity contribution in [2.24, 2.45) is 0 Å². The van der Waals surface area contributed by atoms with E-state index in [0.717, 1.165) is 22.6 Å². The van der Waals surface area contributed by atoms with E-state index in [1.807, 2.05) is 62.4 Å². The third-order valence-corrected chi connectivity index (χ3v) is 5.07. The van der Waals surface area contributed by atoms with Crippen molar-refractivity contribution in [2.45, 2.75) is 44.8 Å². The third-order valence-electron chi connectivity index (χ3n) is 5.07. The highest BCUT2D eigenvalue weighted by Crippen LogP contribution is 2.39. The number of hydrogen-bond donors (Lipinski definition) is 1. The summed E-state index contributed by atoms with van der Waals surface area (Å²) in [5.74, 6) is 2.38. The summed E-state index contributed by atoms with van der Waals surface area (Å²) in [5.41, 5.74) is 1.46. The number of hydrogen-bond acceptors (Lipinski definition) is 6. The van der Waals surface area contributed by atoms with Crippen LogP contribution in [0.4, 0.5) is 0 Å². The second-order valence-electron chi connectivity index (χ2n) is 7.97. The Morgan fingerprint density at radius 2 is 2.07 bits per heavy atom. The minimum atomic E-state index is -0.343. The molecule has 0 spiro atoms. The van der Waals surface area contributed by atoms with Crippen molar-refractivity contribution in [1.82, 2.24) is 15.5 Å². The van der Waals surface area contributed by atoms with Gasteiger partial charge in [-0.1, -0.05) is 35.5 Å². The van der Waals surface area contributed by atoms with Crippen LogP contribution < -0.4 is 14.8 Å². The second kappa shape index (κ2) is 8.18. The van der Waals surface area contributed by atoms with Gasteiger partial charge in [-0.2, -0.15) is 4.98 Å². The van der Waals surface area contributed by atoms with Gasteiger partial charge in [0.05, 0.1) is 13.2 Å². The van der Waals surface area contributed by atoms with E-state index in [9.17, 15) is 4.79 Å². The van der Waals surface area contributed by atoms with Crippen molar-refractivity contribution in [3.63, 3.8) is 0 Å². The monoisotopic (exact) mass is 407 g/mol. The highest BCUT2D eigenvalue weighted by atomic mass is 16.5. The average molecular weight is 407 g/mol. The predicted molar refractivity (Wildman–Crippen MR) is 111 cm³/mol. The molecule has 7 heteroatoms. The summed E-state index contributed by atoms with van der Waals surface area (Å²) in [5, 5.41) is 7.14. The highest BCUT2D eigenvalue weighted by molar-refractivity contribution is 5.76. The van der Waals surface area contributed by atoms with E-state index < -0.39 is 0 Å². The Kier molecular flexibility index (Phi) is 5.44. The number of ether oxygens (including phenoxy) is 2. The molecule has 1 atom stereocenters. The molecule has 156 valence electrons. The van der Waals surface area contributed by atoms with Gasteiger partial charge in [-0.3, -0.25) is 4.79 Å². The Balaban J connectivity index is 1.38. The molecule has 1 aromatic heterocycles. The summed E-state index contributed by atoms with van der Waals surface area (Å²) in [6, 6.07) is 15.2. The second-order valence-corrected chi connectivity index (χ2v) is 7.97. The van der Waals surface area contributed by atoms with Crippen molar-refractivity contribution >= 4 is 5.91 Å². The third kappa shape index (κ3) is 4.45. The molecule has 1 aliphatic heterocycles. The molecule has 4 rings (SSSR count). The van der Waals surface area contributed by atoms with Crippen molar-refractivity contribution in [1.29, 1.82) is 0 Å². The topological polar surface area (TPSA) is 86.5 Å². The summed E-state index contributed by atoms with van der Waals surface area (Å²) in [4.78, 5) is 17.0. The van der Waals surface area contributed by atoms with Gasteiger partial charge >= 0.3 is 0 Å². The molecule has 0 radical (unpaired) electrons. The zero-order valence-corrected chi connectivity index (χ0v) is 17.3. The number of aryl methyl sites for hydroxylation is 1. The molecule has 0 bridgehead atoms. The van der Waals surface area contributed by atoms with Gasteiger partial charge in [0.2, 0.25) is 17.6 Å². The van der Waals surface area contributed by atoms with Crippen LogP contribution in [0.3, 0.4) is 0 Å². The molecule has 2 heterocycles. The Hall–Kier alpha value is -3.35. The minimum Gasteiger partial charge on any atom is -0.497 e. The lowest BCUT2D eigenvalue weighted by molar-refractivity contribution is -0.122. The van der Waals surface area contributed by atoms with Gasteiger partial charge < -0.3 is 19.3 Å². The molecular weight excluding hydrogens is 382 g/mol. The molecule has 1 N–H and O–H groups in total. The SMILES string of the molecule is COc1cccc(-c2noc(CCC(=O)NC3CC(C)(C)Oc4ccccc43)n2)c1. The van der Waals surface area contributed by atoms with E-state index in [0.29, 0.717) is 24.6 Å². The highest BCUT2D eigenvalue weighted by Gasteiger charge is 2.34. The van der Waals surface area contributed by atoms with E-state index in [-0.39, 0.29) is 24.0 Å². The lowest BCUT2D eigenvalue weighted by Crippen LogP contribution is -2.41. The number of carbonyl (C=O) groups excluding carboxylic acids is 1. The first-order valence-electron chi connectivity index (χ1n) is 9.98. The number of benzene rings is 2. The van der Waals surface area contributed by atoms with Gasteiger partial charge in [0.1, 0.15) is 17.1 Å². The molecule has 1 aliphatic rings.